The SMILES string of the molecule is Cc1cc(N)cnc1NC(=O)c1ccc2c(c1)OCCO2. The number of fused-ring (bicyclic) bond motifs is 1. The van der Waals surface area contributed by atoms with E-state index in [1.807, 2.05) is 6.92 Å². The number of carbonyl (C=O) groups excluding carboxylic acids is 1. The van der Waals surface area contributed by atoms with Crippen molar-refractivity contribution in [2.75, 3.05) is 24.3 Å². The van der Waals surface area contributed by atoms with Crippen molar-refractivity contribution < 1.29 is 14.3 Å². The molecule has 0 atom stereocenters. The van der Waals surface area contributed by atoms with E-state index in [0.29, 0.717) is 41.8 Å². The Morgan fingerprint density at radius 2 is 2.00 bits per heavy atom. The number of rotatable bonds is 2. The van der Waals surface area contributed by atoms with Crippen molar-refractivity contribution in [3.63, 3.8) is 0 Å². The first-order valence-corrected chi connectivity index (χ1v) is 6.56. The fourth-order valence-corrected chi connectivity index (χ4v) is 2.09. The zero-order valence-corrected chi connectivity index (χ0v) is 11.6. The number of anilines is 2. The second-order valence-corrected chi connectivity index (χ2v) is 4.75. The molecule has 0 unspecified atom stereocenters. The molecule has 0 aliphatic carbocycles. The van der Waals surface area contributed by atoms with Crippen molar-refractivity contribution in [3.8, 4) is 11.5 Å². The molecule has 3 N–H and O–H groups in total. The maximum Gasteiger partial charge on any atom is 0.256 e. The van der Waals surface area contributed by atoms with Gasteiger partial charge < -0.3 is 20.5 Å². The number of nitrogens with zero attached hydrogens (tertiary/aromatic N) is 1. The molecule has 0 radical (unpaired) electrons. The maximum absolute atomic E-state index is 12.3. The first-order chi connectivity index (χ1) is 10.1. The van der Waals surface area contributed by atoms with Gasteiger partial charge in [0.15, 0.2) is 11.5 Å². The van der Waals surface area contributed by atoms with Gasteiger partial charge in [-0.25, -0.2) is 4.98 Å². The van der Waals surface area contributed by atoms with Crippen LogP contribution in [0.3, 0.4) is 0 Å². The number of amides is 1. The molecule has 6 nitrogen and oxygen atoms in total. The summed E-state index contributed by atoms with van der Waals surface area (Å²) in [5.74, 6) is 1.46. The molecule has 0 bridgehead atoms. The van der Waals surface area contributed by atoms with Crippen LogP contribution in [0.15, 0.2) is 30.5 Å². The third-order valence-corrected chi connectivity index (χ3v) is 3.14. The highest BCUT2D eigenvalue weighted by atomic mass is 16.6. The number of ether oxygens (including phenoxy) is 2. The molecule has 1 aromatic carbocycles. The highest BCUT2D eigenvalue weighted by Gasteiger charge is 2.15. The third kappa shape index (κ3) is 2.74. The summed E-state index contributed by atoms with van der Waals surface area (Å²) in [5, 5.41) is 2.76. The molecule has 6 heteroatoms. The summed E-state index contributed by atoms with van der Waals surface area (Å²) in [6.45, 7) is 2.84. The molecule has 1 amide bonds. The molecule has 3 rings (SSSR count). The Morgan fingerprint density at radius 1 is 1.24 bits per heavy atom. The lowest BCUT2D eigenvalue weighted by atomic mass is 10.1. The number of nitrogens with one attached hydrogen (secondary N) is 1. The number of aryl methyl sites for hydroxylation is 1. The van der Waals surface area contributed by atoms with Crippen LogP contribution in [0.1, 0.15) is 15.9 Å². The lowest BCUT2D eigenvalue weighted by Gasteiger charge is -2.18. The Kier molecular flexibility index (Phi) is 3.35. The Bertz CT molecular complexity index is 701. The standard InChI is InChI=1S/C15H15N3O3/c1-9-6-11(16)8-17-14(9)18-15(19)10-2-3-12-13(7-10)21-5-4-20-12/h2-3,6-8H,4-5,16H2,1H3,(H,17,18,19). The number of nitrogen functional groups attached to an aromatic ring is 1. The summed E-state index contributed by atoms with van der Waals surface area (Å²) in [4.78, 5) is 16.4. The minimum absolute atomic E-state index is 0.257. The van der Waals surface area contributed by atoms with E-state index >= 15 is 0 Å². The molecule has 0 saturated carbocycles. The average Bonchev–Trinajstić information content (AvgIpc) is 2.49. The third-order valence-electron chi connectivity index (χ3n) is 3.14. The highest BCUT2D eigenvalue weighted by molar-refractivity contribution is 6.04. The smallest absolute Gasteiger partial charge is 0.256 e. The summed E-state index contributed by atoms with van der Waals surface area (Å²) < 4.78 is 10.9. The predicted octanol–water partition coefficient (Wildman–Crippen LogP) is 2.00. The summed E-state index contributed by atoms with van der Waals surface area (Å²) >= 11 is 0. The van der Waals surface area contributed by atoms with E-state index in [1.54, 1.807) is 24.3 Å². The lowest BCUT2D eigenvalue weighted by molar-refractivity contribution is 0.102. The van der Waals surface area contributed by atoms with Crippen molar-refractivity contribution in [3.05, 3.63) is 41.6 Å². The van der Waals surface area contributed by atoms with E-state index < -0.39 is 0 Å². The largest absolute Gasteiger partial charge is 0.486 e. The topological polar surface area (TPSA) is 86.5 Å². The Hall–Kier alpha value is -2.76. The van der Waals surface area contributed by atoms with Gasteiger partial charge in [0.05, 0.1) is 11.9 Å². The fourth-order valence-electron chi connectivity index (χ4n) is 2.09. The van der Waals surface area contributed by atoms with Gasteiger partial charge in [-0.05, 0) is 36.8 Å². The van der Waals surface area contributed by atoms with Gasteiger partial charge in [0.1, 0.15) is 19.0 Å². The lowest BCUT2D eigenvalue weighted by Crippen LogP contribution is -2.17. The van der Waals surface area contributed by atoms with Gasteiger partial charge in [0, 0.05) is 5.56 Å². The minimum atomic E-state index is -0.257. The summed E-state index contributed by atoms with van der Waals surface area (Å²) in [5.41, 5.74) is 7.49. The summed E-state index contributed by atoms with van der Waals surface area (Å²) in [6, 6.07) is 6.84. The van der Waals surface area contributed by atoms with Crippen LogP contribution in [0, 0.1) is 6.92 Å². The molecule has 0 spiro atoms. The summed E-state index contributed by atoms with van der Waals surface area (Å²) in [7, 11) is 0. The van der Waals surface area contributed by atoms with Gasteiger partial charge in [0.2, 0.25) is 0 Å². The van der Waals surface area contributed by atoms with Crippen LogP contribution < -0.4 is 20.5 Å². The fraction of sp³-hybridized carbons (Fsp3) is 0.200. The number of aromatic nitrogens is 1. The molecule has 21 heavy (non-hydrogen) atoms. The molecular formula is C15H15N3O3. The molecule has 1 aliphatic rings. The Morgan fingerprint density at radius 3 is 2.76 bits per heavy atom. The van der Waals surface area contributed by atoms with Crippen LogP contribution in [-0.2, 0) is 0 Å². The zero-order valence-electron chi connectivity index (χ0n) is 11.6. The van der Waals surface area contributed by atoms with Gasteiger partial charge >= 0.3 is 0 Å². The van der Waals surface area contributed by atoms with Crippen LogP contribution in [0.2, 0.25) is 0 Å². The monoisotopic (exact) mass is 285 g/mol. The molecule has 0 saturated heterocycles. The number of benzene rings is 1. The molecular weight excluding hydrogens is 270 g/mol. The van der Waals surface area contributed by atoms with Crippen molar-refractivity contribution in [2.24, 2.45) is 0 Å². The number of hydrogen-bond acceptors (Lipinski definition) is 5. The van der Waals surface area contributed by atoms with Crippen LogP contribution in [-0.4, -0.2) is 24.1 Å². The van der Waals surface area contributed by atoms with E-state index in [0.717, 1.165) is 5.56 Å². The van der Waals surface area contributed by atoms with Crippen LogP contribution in [0.4, 0.5) is 11.5 Å². The van der Waals surface area contributed by atoms with Gasteiger partial charge in [-0.2, -0.15) is 0 Å². The molecule has 0 fully saturated rings. The first kappa shape index (κ1) is 13.2. The number of hydrogen-bond donors (Lipinski definition) is 2. The zero-order chi connectivity index (χ0) is 14.8. The maximum atomic E-state index is 12.3. The second-order valence-electron chi connectivity index (χ2n) is 4.75. The molecule has 2 aromatic rings. The van der Waals surface area contributed by atoms with Gasteiger partial charge in [0.25, 0.3) is 5.91 Å². The van der Waals surface area contributed by atoms with Crippen molar-refractivity contribution in [1.29, 1.82) is 0 Å². The highest BCUT2D eigenvalue weighted by Crippen LogP contribution is 2.31. The minimum Gasteiger partial charge on any atom is -0.486 e. The number of carbonyl (C=O) groups is 1. The van der Waals surface area contributed by atoms with Crippen molar-refractivity contribution in [2.45, 2.75) is 6.92 Å². The molecule has 1 aliphatic heterocycles. The average molecular weight is 285 g/mol. The van der Waals surface area contributed by atoms with E-state index in [-0.39, 0.29) is 5.91 Å². The number of nitrogens with two attached hydrogens (primary N) is 1. The predicted molar refractivity (Wildman–Crippen MR) is 78.8 cm³/mol. The molecule has 108 valence electrons. The van der Waals surface area contributed by atoms with Gasteiger partial charge in [-0.15, -0.1) is 0 Å². The van der Waals surface area contributed by atoms with Crippen LogP contribution in [0.25, 0.3) is 0 Å². The second kappa shape index (κ2) is 5.32. The van der Waals surface area contributed by atoms with E-state index in [9.17, 15) is 4.79 Å². The van der Waals surface area contributed by atoms with Crippen molar-refractivity contribution in [1.82, 2.24) is 4.98 Å². The van der Waals surface area contributed by atoms with Gasteiger partial charge in [-0.3, -0.25) is 4.79 Å². The molecule has 2 heterocycles. The van der Waals surface area contributed by atoms with Crippen molar-refractivity contribution >= 4 is 17.4 Å². The first-order valence-electron chi connectivity index (χ1n) is 6.56. The van der Waals surface area contributed by atoms with E-state index in [1.165, 1.54) is 6.20 Å². The summed E-state index contributed by atoms with van der Waals surface area (Å²) in [6.07, 6.45) is 1.51. The quantitative estimate of drug-likeness (QED) is 0.881. The number of pyridine rings is 1. The Labute approximate surface area is 121 Å². The normalized spacial score (nSPS) is 12.8. The van der Waals surface area contributed by atoms with Crippen LogP contribution >= 0.6 is 0 Å². The molecule has 1 aromatic heterocycles. The Balaban J connectivity index is 1.82. The van der Waals surface area contributed by atoms with Crippen LogP contribution in [0.5, 0.6) is 11.5 Å². The van der Waals surface area contributed by atoms with E-state index in [4.69, 9.17) is 15.2 Å². The van der Waals surface area contributed by atoms with E-state index in [2.05, 4.69) is 10.3 Å². The van der Waals surface area contributed by atoms with Gasteiger partial charge in [-0.1, -0.05) is 0 Å².